The van der Waals surface area contributed by atoms with E-state index in [0.717, 1.165) is 0 Å². The first-order chi connectivity index (χ1) is 11.9. The fraction of sp³-hybridized carbons (Fsp3) is 0.412. The molecular formula is C17H22N4O4. The van der Waals surface area contributed by atoms with Crippen molar-refractivity contribution in [2.45, 2.75) is 27.3 Å². The predicted molar refractivity (Wildman–Crippen MR) is 94.8 cm³/mol. The number of hydrogen-bond acceptors (Lipinski definition) is 4. The lowest BCUT2D eigenvalue weighted by atomic mass is 10.1. The maximum Gasteiger partial charge on any atom is 0.316 e. The standard InChI is InChI=1S/C17H22N4O4/c1-4-18-14(22)10-20(5-2)16(24)11-7-8-13-12(9-11)19-15(23)17(25)21(13)6-3/h7-9H,4-6,10H2,1-3H3,(H,18,22)(H,19,23). The number of nitrogens with one attached hydrogen (secondary N) is 2. The number of aromatic nitrogens is 2. The molecule has 0 fully saturated rings. The molecule has 0 saturated carbocycles. The molecule has 2 amide bonds. The number of carbonyl (C=O) groups is 2. The highest BCUT2D eigenvalue weighted by Crippen LogP contribution is 2.13. The molecule has 25 heavy (non-hydrogen) atoms. The Morgan fingerprint density at radius 3 is 2.52 bits per heavy atom. The van der Waals surface area contributed by atoms with E-state index in [9.17, 15) is 19.2 Å². The normalized spacial score (nSPS) is 10.7. The Morgan fingerprint density at radius 1 is 1.20 bits per heavy atom. The molecule has 8 heteroatoms. The molecule has 0 aliphatic heterocycles. The van der Waals surface area contributed by atoms with Gasteiger partial charge >= 0.3 is 11.1 Å². The number of rotatable bonds is 6. The summed E-state index contributed by atoms with van der Waals surface area (Å²) in [6, 6.07) is 4.75. The average Bonchev–Trinajstić information content (AvgIpc) is 2.60. The van der Waals surface area contributed by atoms with Crippen LogP contribution >= 0.6 is 0 Å². The number of aromatic amines is 1. The molecule has 2 rings (SSSR count). The number of H-pyrrole nitrogens is 1. The largest absolute Gasteiger partial charge is 0.355 e. The zero-order chi connectivity index (χ0) is 18.6. The topological polar surface area (TPSA) is 104 Å². The van der Waals surface area contributed by atoms with E-state index in [2.05, 4.69) is 10.3 Å². The minimum atomic E-state index is -0.728. The van der Waals surface area contributed by atoms with Crippen LogP contribution in [0.15, 0.2) is 27.8 Å². The molecule has 0 spiro atoms. The highest BCUT2D eigenvalue weighted by molar-refractivity contribution is 5.99. The van der Waals surface area contributed by atoms with Crippen molar-refractivity contribution in [1.29, 1.82) is 0 Å². The molecule has 1 aromatic carbocycles. The Balaban J connectivity index is 2.42. The van der Waals surface area contributed by atoms with Crippen molar-refractivity contribution in [3.63, 3.8) is 0 Å². The van der Waals surface area contributed by atoms with Crippen LogP contribution in [0.2, 0.25) is 0 Å². The number of benzene rings is 1. The van der Waals surface area contributed by atoms with Gasteiger partial charge in [-0.05, 0) is 39.0 Å². The van der Waals surface area contributed by atoms with Crippen molar-refractivity contribution < 1.29 is 9.59 Å². The van der Waals surface area contributed by atoms with E-state index in [1.807, 2.05) is 6.92 Å². The van der Waals surface area contributed by atoms with Crippen LogP contribution in [0.5, 0.6) is 0 Å². The van der Waals surface area contributed by atoms with E-state index >= 15 is 0 Å². The van der Waals surface area contributed by atoms with Crippen LogP contribution in [0, 0.1) is 0 Å². The lowest BCUT2D eigenvalue weighted by Crippen LogP contribution is -2.40. The van der Waals surface area contributed by atoms with Crippen molar-refractivity contribution in [1.82, 2.24) is 19.8 Å². The van der Waals surface area contributed by atoms with Crippen LogP contribution in [-0.2, 0) is 11.3 Å². The molecule has 1 aromatic heterocycles. The summed E-state index contributed by atoms with van der Waals surface area (Å²) in [6.45, 7) is 6.55. The summed E-state index contributed by atoms with van der Waals surface area (Å²) in [5.41, 5.74) is -0.0495. The summed E-state index contributed by atoms with van der Waals surface area (Å²) in [6.07, 6.45) is 0. The van der Waals surface area contributed by atoms with Crippen molar-refractivity contribution in [3.8, 4) is 0 Å². The van der Waals surface area contributed by atoms with Gasteiger partial charge in [0.05, 0.1) is 17.6 Å². The third-order valence-corrected chi connectivity index (χ3v) is 3.92. The van der Waals surface area contributed by atoms with Crippen LogP contribution in [0.1, 0.15) is 31.1 Å². The molecule has 0 saturated heterocycles. The number of likely N-dealkylation sites (N-methyl/N-ethyl adjacent to an activating group) is 2. The highest BCUT2D eigenvalue weighted by Gasteiger charge is 2.18. The number of nitrogens with zero attached hydrogens (tertiary/aromatic N) is 2. The molecule has 0 unspecified atom stereocenters. The summed E-state index contributed by atoms with van der Waals surface area (Å²) >= 11 is 0. The van der Waals surface area contributed by atoms with Gasteiger partial charge in [0.15, 0.2) is 0 Å². The maximum atomic E-state index is 12.7. The first-order valence-corrected chi connectivity index (χ1v) is 8.25. The number of amides is 2. The van der Waals surface area contributed by atoms with Gasteiger partial charge in [0.25, 0.3) is 5.91 Å². The summed E-state index contributed by atoms with van der Waals surface area (Å²) in [4.78, 5) is 51.9. The summed E-state index contributed by atoms with van der Waals surface area (Å²) in [7, 11) is 0. The van der Waals surface area contributed by atoms with E-state index < -0.39 is 11.1 Å². The molecule has 2 N–H and O–H groups in total. The van der Waals surface area contributed by atoms with Gasteiger partial charge in [-0.3, -0.25) is 19.2 Å². The number of fused-ring (bicyclic) bond motifs is 1. The van der Waals surface area contributed by atoms with Crippen molar-refractivity contribution in [2.75, 3.05) is 19.6 Å². The lowest BCUT2D eigenvalue weighted by Gasteiger charge is -2.20. The fourth-order valence-corrected chi connectivity index (χ4v) is 2.66. The molecule has 0 radical (unpaired) electrons. The second kappa shape index (κ2) is 7.78. The van der Waals surface area contributed by atoms with Gasteiger partial charge in [0.1, 0.15) is 0 Å². The summed E-state index contributed by atoms with van der Waals surface area (Å²) in [5.74, 6) is -0.544. The highest BCUT2D eigenvalue weighted by atomic mass is 16.2. The number of hydrogen-bond donors (Lipinski definition) is 2. The zero-order valence-corrected chi connectivity index (χ0v) is 14.6. The third kappa shape index (κ3) is 3.78. The average molecular weight is 346 g/mol. The van der Waals surface area contributed by atoms with Gasteiger partial charge in [0.2, 0.25) is 5.91 Å². The van der Waals surface area contributed by atoms with Gasteiger partial charge in [0, 0.05) is 25.2 Å². The Hall–Kier alpha value is -2.90. The monoisotopic (exact) mass is 346 g/mol. The molecule has 2 aromatic rings. The minimum absolute atomic E-state index is 0.0355. The lowest BCUT2D eigenvalue weighted by molar-refractivity contribution is -0.121. The third-order valence-electron chi connectivity index (χ3n) is 3.92. The van der Waals surface area contributed by atoms with Crippen LogP contribution in [-0.4, -0.2) is 45.9 Å². The van der Waals surface area contributed by atoms with Crippen LogP contribution in [0.3, 0.4) is 0 Å². The number of aryl methyl sites for hydroxylation is 1. The second-order valence-corrected chi connectivity index (χ2v) is 5.51. The fourth-order valence-electron chi connectivity index (χ4n) is 2.66. The summed E-state index contributed by atoms with van der Waals surface area (Å²) in [5, 5.41) is 2.66. The van der Waals surface area contributed by atoms with E-state index in [0.29, 0.717) is 36.2 Å². The number of carbonyl (C=O) groups excluding carboxylic acids is 2. The van der Waals surface area contributed by atoms with Crippen molar-refractivity contribution in [3.05, 3.63) is 44.5 Å². The summed E-state index contributed by atoms with van der Waals surface area (Å²) < 4.78 is 1.36. The minimum Gasteiger partial charge on any atom is -0.355 e. The SMILES string of the molecule is CCNC(=O)CN(CC)C(=O)c1ccc2c(c1)[nH]c(=O)c(=O)n2CC. The van der Waals surface area contributed by atoms with Gasteiger partial charge in [-0.15, -0.1) is 0 Å². The van der Waals surface area contributed by atoms with Gasteiger partial charge in [-0.1, -0.05) is 0 Å². The molecule has 1 heterocycles. The molecule has 0 atom stereocenters. The Bertz CT molecular complexity index is 913. The van der Waals surface area contributed by atoms with E-state index in [-0.39, 0.29) is 18.4 Å². The van der Waals surface area contributed by atoms with E-state index in [1.54, 1.807) is 26.0 Å². The van der Waals surface area contributed by atoms with E-state index in [4.69, 9.17) is 0 Å². The molecule has 8 nitrogen and oxygen atoms in total. The molecular weight excluding hydrogens is 324 g/mol. The zero-order valence-electron chi connectivity index (χ0n) is 14.6. The van der Waals surface area contributed by atoms with Crippen LogP contribution in [0.4, 0.5) is 0 Å². The van der Waals surface area contributed by atoms with Crippen LogP contribution < -0.4 is 16.4 Å². The molecule has 0 aliphatic carbocycles. The van der Waals surface area contributed by atoms with E-state index in [1.165, 1.54) is 15.5 Å². The van der Waals surface area contributed by atoms with Gasteiger partial charge in [-0.2, -0.15) is 0 Å². The molecule has 134 valence electrons. The Morgan fingerprint density at radius 2 is 1.92 bits per heavy atom. The quantitative estimate of drug-likeness (QED) is 0.735. The van der Waals surface area contributed by atoms with Gasteiger partial charge < -0.3 is 19.8 Å². The van der Waals surface area contributed by atoms with Gasteiger partial charge in [-0.25, -0.2) is 0 Å². The molecule has 0 aliphatic rings. The Labute approximate surface area is 144 Å². The van der Waals surface area contributed by atoms with Crippen molar-refractivity contribution in [2.24, 2.45) is 0 Å². The molecule has 0 bridgehead atoms. The van der Waals surface area contributed by atoms with Crippen LogP contribution in [0.25, 0.3) is 11.0 Å². The maximum absolute atomic E-state index is 12.7. The second-order valence-electron chi connectivity index (χ2n) is 5.51. The van der Waals surface area contributed by atoms with Crippen molar-refractivity contribution >= 4 is 22.8 Å². The first-order valence-electron chi connectivity index (χ1n) is 8.25. The predicted octanol–water partition coefficient (Wildman–Crippen LogP) is 0.308. The first kappa shape index (κ1) is 18.4. The Kier molecular flexibility index (Phi) is 5.74. The smallest absolute Gasteiger partial charge is 0.316 e.